The predicted octanol–water partition coefficient (Wildman–Crippen LogP) is 3.48. The first-order valence-electron chi connectivity index (χ1n) is 8.56. The van der Waals surface area contributed by atoms with Crippen LogP contribution in [-0.2, 0) is 10.0 Å². The molecule has 0 fully saturated rings. The van der Waals surface area contributed by atoms with Crippen molar-refractivity contribution in [2.45, 2.75) is 31.7 Å². The molecule has 3 rings (SSSR count). The van der Waals surface area contributed by atoms with Gasteiger partial charge in [-0.05, 0) is 50.6 Å². The molecular formula is C20H21N3O3S. The second-order valence-electron chi connectivity index (χ2n) is 6.59. The first-order chi connectivity index (χ1) is 12.8. The molecule has 2 N–H and O–H groups in total. The summed E-state index contributed by atoms with van der Waals surface area (Å²) in [4.78, 5) is 17.2. The molecule has 1 heterocycles. The molecule has 7 heteroatoms. The van der Waals surface area contributed by atoms with E-state index in [1.807, 2.05) is 24.3 Å². The number of benzene rings is 2. The summed E-state index contributed by atoms with van der Waals surface area (Å²) in [6, 6.07) is 13.5. The average Bonchev–Trinajstić information content (AvgIpc) is 2.61. The number of carbonyl (C=O) groups excluding carboxylic acids is 1. The van der Waals surface area contributed by atoms with Crippen LogP contribution in [0.1, 0.15) is 29.8 Å². The lowest BCUT2D eigenvalue weighted by Gasteiger charge is -2.13. The second-order valence-corrected chi connectivity index (χ2v) is 8.30. The van der Waals surface area contributed by atoms with Crippen molar-refractivity contribution in [2.24, 2.45) is 0 Å². The molecule has 0 saturated heterocycles. The Labute approximate surface area is 158 Å². The Morgan fingerprint density at radius 1 is 1.07 bits per heavy atom. The molecule has 1 amide bonds. The lowest BCUT2D eigenvalue weighted by Crippen LogP contribution is -2.30. The molecule has 0 radical (unpaired) electrons. The largest absolute Gasteiger partial charge is 0.320 e. The van der Waals surface area contributed by atoms with Crippen LogP contribution in [-0.4, -0.2) is 25.4 Å². The Bertz CT molecular complexity index is 1100. The number of sulfonamides is 1. The monoisotopic (exact) mass is 383 g/mol. The quantitative estimate of drug-likeness (QED) is 0.706. The van der Waals surface area contributed by atoms with Gasteiger partial charge in [0.2, 0.25) is 10.0 Å². The van der Waals surface area contributed by atoms with Gasteiger partial charge in [-0.25, -0.2) is 13.1 Å². The van der Waals surface area contributed by atoms with E-state index in [1.165, 1.54) is 12.1 Å². The Balaban J connectivity index is 1.96. The number of rotatable bonds is 5. The first-order valence-corrected chi connectivity index (χ1v) is 10.0. The van der Waals surface area contributed by atoms with Crippen molar-refractivity contribution in [1.82, 2.24) is 9.71 Å². The molecule has 0 aliphatic rings. The minimum Gasteiger partial charge on any atom is -0.320 e. The second kappa shape index (κ2) is 7.46. The van der Waals surface area contributed by atoms with Crippen molar-refractivity contribution in [3.05, 3.63) is 65.9 Å². The highest BCUT2D eigenvalue weighted by atomic mass is 32.2. The highest BCUT2D eigenvalue weighted by Crippen LogP contribution is 2.23. The van der Waals surface area contributed by atoms with Crippen molar-refractivity contribution in [1.29, 1.82) is 0 Å². The van der Waals surface area contributed by atoms with Gasteiger partial charge in [-0.2, -0.15) is 0 Å². The fraction of sp³-hybridized carbons (Fsp3) is 0.200. The Morgan fingerprint density at radius 2 is 1.81 bits per heavy atom. The third-order valence-electron chi connectivity index (χ3n) is 4.04. The average molecular weight is 383 g/mol. The van der Waals surface area contributed by atoms with Gasteiger partial charge in [0.1, 0.15) is 0 Å². The van der Waals surface area contributed by atoms with Gasteiger partial charge < -0.3 is 5.32 Å². The van der Waals surface area contributed by atoms with Crippen LogP contribution in [0.2, 0.25) is 0 Å². The van der Waals surface area contributed by atoms with Gasteiger partial charge in [-0.3, -0.25) is 9.78 Å². The van der Waals surface area contributed by atoms with Crippen LogP contribution in [0, 0.1) is 6.92 Å². The van der Waals surface area contributed by atoms with E-state index in [-0.39, 0.29) is 16.8 Å². The number of para-hydroxylation sites is 1. The number of nitrogens with one attached hydrogen (secondary N) is 2. The molecule has 0 bridgehead atoms. The highest BCUT2D eigenvalue weighted by Gasteiger charge is 2.19. The predicted molar refractivity (Wildman–Crippen MR) is 106 cm³/mol. The summed E-state index contributed by atoms with van der Waals surface area (Å²) >= 11 is 0. The minimum absolute atomic E-state index is 0.0583. The zero-order valence-electron chi connectivity index (χ0n) is 15.4. The number of fused-ring (bicyclic) bond motifs is 1. The van der Waals surface area contributed by atoms with Gasteiger partial charge in [-0.15, -0.1) is 0 Å². The molecule has 0 unspecified atom stereocenters. The van der Waals surface area contributed by atoms with E-state index in [0.29, 0.717) is 22.3 Å². The van der Waals surface area contributed by atoms with E-state index in [9.17, 15) is 13.2 Å². The summed E-state index contributed by atoms with van der Waals surface area (Å²) in [5.74, 6) is -0.382. The summed E-state index contributed by atoms with van der Waals surface area (Å²) in [6.45, 7) is 5.25. The lowest BCUT2D eigenvalue weighted by atomic mass is 10.1. The van der Waals surface area contributed by atoms with Gasteiger partial charge in [0, 0.05) is 23.2 Å². The Hall–Kier alpha value is -2.77. The zero-order valence-corrected chi connectivity index (χ0v) is 16.2. The van der Waals surface area contributed by atoms with Crippen molar-refractivity contribution < 1.29 is 13.2 Å². The standard InChI is InChI=1S/C20H21N3O3S/c1-13(2)23-27(25,26)16-10-9-14(3)17(12-16)20(24)22-18-8-4-6-15-7-5-11-21-19(15)18/h4-13,23H,1-3H3,(H,22,24). The number of anilines is 1. The summed E-state index contributed by atoms with van der Waals surface area (Å²) in [5.41, 5.74) is 2.24. The SMILES string of the molecule is Cc1ccc(S(=O)(=O)NC(C)C)cc1C(=O)Nc1cccc2cccnc12. The molecule has 0 atom stereocenters. The molecule has 1 aromatic heterocycles. The summed E-state index contributed by atoms with van der Waals surface area (Å²) in [6.07, 6.45) is 1.66. The van der Waals surface area contributed by atoms with Crippen LogP contribution < -0.4 is 10.0 Å². The normalized spacial score (nSPS) is 11.7. The Morgan fingerprint density at radius 3 is 2.56 bits per heavy atom. The topological polar surface area (TPSA) is 88.2 Å². The fourth-order valence-corrected chi connectivity index (χ4v) is 4.06. The molecule has 6 nitrogen and oxygen atoms in total. The molecule has 3 aromatic rings. The summed E-state index contributed by atoms with van der Waals surface area (Å²) in [5, 5.41) is 3.75. The highest BCUT2D eigenvalue weighted by molar-refractivity contribution is 7.89. The van der Waals surface area contributed by atoms with Crippen LogP contribution in [0.5, 0.6) is 0 Å². The smallest absolute Gasteiger partial charge is 0.256 e. The van der Waals surface area contributed by atoms with E-state index < -0.39 is 10.0 Å². The zero-order chi connectivity index (χ0) is 19.6. The van der Waals surface area contributed by atoms with E-state index in [2.05, 4.69) is 15.0 Å². The molecule has 2 aromatic carbocycles. The molecular weight excluding hydrogens is 362 g/mol. The van der Waals surface area contributed by atoms with E-state index in [1.54, 1.807) is 39.1 Å². The van der Waals surface area contributed by atoms with Crippen molar-refractivity contribution >= 4 is 32.5 Å². The van der Waals surface area contributed by atoms with E-state index >= 15 is 0 Å². The van der Waals surface area contributed by atoms with Crippen molar-refractivity contribution in [2.75, 3.05) is 5.32 Å². The van der Waals surface area contributed by atoms with Gasteiger partial charge in [0.25, 0.3) is 5.91 Å². The van der Waals surface area contributed by atoms with Crippen molar-refractivity contribution in [3.63, 3.8) is 0 Å². The summed E-state index contributed by atoms with van der Waals surface area (Å²) < 4.78 is 27.3. The first kappa shape index (κ1) is 19.0. The maximum Gasteiger partial charge on any atom is 0.256 e. The number of pyridine rings is 1. The van der Waals surface area contributed by atoms with Gasteiger partial charge in [0.15, 0.2) is 0 Å². The minimum atomic E-state index is -3.68. The third-order valence-corrected chi connectivity index (χ3v) is 5.69. The number of hydrogen-bond acceptors (Lipinski definition) is 4. The number of carbonyl (C=O) groups is 1. The number of amides is 1. The molecule has 0 saturated carbocycles. The fourth-order valence-electron chi connectivity index (χ4n) is 2.79. The maximum absolute atomic E-state index is 12.8. The van der Waals surface area contributed by atoms with Crippen molar-refractivity contribution in [3.8, 4) is 0 Å². The van der Waals surface area contributed by atoms with Gasteiger partial charge >= 0.3 is 0 Å². The van der Waals surface area contributed by atoms with Crippen LogP contribution in [0.25, 0.3) is 10.9 Å². The molecule has 0 spiro atoms. The van der Waals surface area contributed by atoms with Gasteiger partial charge in [0.05, 0.1) is 16.1 Å². The lowest BCUT2D eigenvalue weighted by molar-refractivity contribution is 0.102. The number of nitrogens with zero attached hydrogens (tertiary/aromatic N) is 1. The Kier molecular flexibility index (Phi) is 5.25. The molecule has 0 aliphatic carbocycles. The van der Waals surface area contributed by atoms with Crippen LogP contribution >= 0.6 is 0 Å². The number of hydrogen-bond donors (Lipinski definition) is 2. The van der Waals surface area contributed by atoms with Crippen LogP contribution in [0.3, 0.4) is 0 Å². The number of aromatic nitrogens is 1. The third kappa shape index (κ3) is 4.15. The van der Waals surface area contributed by atoms with Crippen LogP contribution in [0.15, 0.2) is 59.6 Å². The summed E-state index contributed by atoms with van der Waals surface area (Å²) in [7, 11) is -3.68. The van der Waals surface area contributed by atoms with E-state index in [0.717, 1.165) is 5.39 Å². The van der Waals surface area contributed by atoms with Crippen LogP contribution in [0.4, 0.5) is 5.69 Å². The maximum atomic E-state index is 12.8. The molecule has 140 valence electrons. The van der Waals surface area contributed by atoms with Gasteiger partial charge in [-0.1, -0.05) is 24.3 Å². The molecule has 0 aliphatic heterocycles. The number of aryl methyl sites for hydroxylation is 1. The van der Waals surface area contributed by atoms with E-state index in [4.69, 9.17) is 0 Å². The molecule has 27 heavy (non-hydrogen) atoms.